The molecule has 2 heteroatoms. The highest BCUT2D eigenvalue weighted by Crippen LogP contribution is 2.23. The van der Waals surface area contributed by atoms with Crippen molar-refractivity contribution in [2.75, 3.05) is 18.2 Å². The Morgan fingerprint density at radius 2 is 1.93 bits per heavy atom. The van der Waals surface area contributed by atoms with E-state index in [0.29, 0.717) is 12.0 Å². The fourth-order valence-electron chi connectivity index (χ4n) is 1.83. The second kappa shape index (κ2) is 4.01. The van der Waals surface area contributed by atoms with E-state index in [1.807, 2.05) is 6.07 Å². The zero-order chi connectivity index (χ0) is 9.97. The van der Waals surface area contributed by atoms with E-state index in [2.05, 4.69) is 43.0 Å². The molecule has 1 aromatic rings. The quantitative estimate of drug-likeness (QED) is 0.676. The van der Waals surface area contributed by atoms with Gasteiger partial charge in [0.15, 0.2) is 0 Å². The molecule has 0 N–H and O–H groups in total. The van der Waals surface area contributed by atoms with Crippen LogP contribution in [-0.4, -0.2) is 19.4 Å². The first-order valence-electron chi connectivity index (χ1n) is 5.18. The second-order valence-corrected chi connectivity index (χ2v) is 4.02. The predicted octanol–water partition coefficient (Wildman–Crippen LogP) is 2.51. The van der Waals surface area contributed by atoms with E-state index in [1.54, 1.807) is 0 Å². The molecular formula is C12H17NO. The van der Waals surface area contributed by atoms with Crippen molar-refractivity contribution < 1.29 is 4.74 Å². The Hall–Kier alpha value is -1.02. The van der Waals surface area contributed by atoms with Gasteiger partial charge < -0.3 is 9.64 Å². The zero-order valence-electron chi connectivity index (χ0n) is 8.81. The van der Waals surface area contributed by atoms with Crippen LogP contribution in [0.3, 0.4) is 0 Å². The van der Waals surface area contributed by atoms with Gasteiger partial charge in [-0.15, -0.1) is 0 Å². The highest BCUT2D eigenvalue weighted by Gasteiger charge is 2.24. The Balaban J connectivity index is 2.17. The summed E-state index contributed by atoms with van der Waals surface area (Å²) in [7, 11) is 0. The number of anilines is 1. The van der Waals surface area contributed by atoms with Gasteiger partial charge in [-0.2, -0.15) is 0 Å². The van der Waals surface area contributed by atoms with Gasteiger partial charge in [-0.25, -0.2) is 0 Å². The molecule has 0 spiro atoms. The van der Waals surface area contributed by atoms with Crippen molar-refractivity contribution in [3.05, 3.63) is 30.3 Å². The molecule has 0 saturated carbocycles. The number of nitrogens with zero attached hydrogens (tertiary/aromatic N) is 1. The molecule has 2 rings (SSSR count). The molecule has 1 heterocycles. The fraction of sp³-hybridized carbons (Fsp3) is 0.500. The number of para-hydroxylation sites is 1. The fourth-order valence-corrected chi connectivity index (χ4v) is 1.83. The number of hydrogen-bond acceptors (Lipinski definition) is 2. The van der Waals surface area contributed by atoms with Gasteiger partial charge in [-0.1, -0.05) is 25.1 Å². The van der Waals surface area contributed by atoms with E-state index < -0.39 is 0 Å². The summed E-state index contributed by atoms with van der Waals surface area (Å²) in [5.41, 5.74) is 1.26. The van der Waals surface area contributed by atoms with Crippen molar-refractivity contribution in [2.24, 2.45) is 5.92 Å². The lowest BCUT2D eigenvalue weighted by molar-refractivity contribution is 0.0539. The molecule has 0 amide bonds. The minimum Gasteiger partial charge on any atom is -0.361 e. The molecule has 2 nitrogen and oxygen atoms in total. The van der Waals surface area contributed by atoms with E-state index in [1.165, 1.54) is 5.69 Å². The molecule has 1 aliphatic heterocycles. The van der Waals surface area contributed by atoms with Crippen LogP contribution in [0.15, 0.2) is 30.3 Å². The summed E-state index contributed by atoms with van der Waals surface area (Å²) in [4.78, 5) is 2.31. The minimum atomic E-state index is 0.561. The first-order chi connectivity index (χ1) is 6.79. The van der Waals surface area contributed by atoms with E-state index in [-0.39, 0.29) is 0 Å². The van der Waals surface area contributed by atoms with E-state index in [0.717, 1.165) is 13.3 Å². The molecule has 0 radical (unpaired) electrons. The number of hydrogen-bond donors (Lipinski definition) is 0. The van der Waals surface area contributed by atoms with E-state index in [4.69, 9.17) is 4.74 Å². The lowest BCUT2D eigenvalue weighted by atomic mass is 10.0. The predicted molar refractivity (Wildman–Crippen MR) is 58.4 cm³/mol. The summed E-state index contributed by atoms with van der Waals surface area (Å²) in [5.74, 6) is 0.601. The SMILES string of the molecule is C[C@@H]1COCN(c2ccccc2)[C@H]1C. The van der Waals surface area contributed by atoms with Crippen molar-refractivity contribution in [3.63, 3.8) is 0 Å². The van der Waals surface area contributed by atoms with Crippen LogP contribution < -0.4 is 4.90 Å². The molecule has 0 unspecified atom stereocenters. The van der Waals surface area contributed by atoms with Gasteiger partial charge in [0.2, 0.25) is 0 Å². The average Bonchev–Trinajstić information content (AvgIpc) is 2.23. The van der Waals surface area contributed by atoms with Gasteiger partial charge in [0, 0.05) is 11.7 Å². The standard InChI is InChI=1S/C12H17NO/c1-10-8-14-9-13(11(10)2)12-6-4-3-5-7-12/h3-7,10-11H,8-9H2,1-2H3/t10-,11+/m1/s1. The molecule has 0 aliphatic carbocycles. The monoisotopic (exact) mass is 191 g/mol. The van der Waals surface area contributed by atoms with Gasteiger partial charge >= 0.3 is 0 Å². The number of benzene rings is 1. The van der Waals surface area contributed by atoms with Crippen LogP contribution in [0.5, 0.6) is 0 Å². The molecule has 76 valence electrons. The highest BCUT2D eigenvalue weighted by molar-refractivity contribution is 5.46. The third-order valence-electron chi connectivity index (χ3n) is 3.01. The smallest absolute Gasteiger partial charge is 0.119 e. The van der Waals surface area contributed by atoms with Crippen LogP contribution in [0.2, 0.25) is 0 Å². The zero-order valence-corrected chi connectivity index (χ0v) is 8.81. The molecule has 1 aromatic carbocycles. The lowest BCUT2D eigenvalue weighted by Gasteiger charge is -2.39. The first-order valence-corrected chi connectivity index (χ1v) is 5.18. The van der Waals surface area contributed by atoms with Crippen LogP contribution >= 0.6 is 0 Å². The van der Waals surface area contributed by atoms with Crippen molar-refractivity contribution >= 4 is 5.69 Å². The van der Waals surface area contributed by atoms with Gasteiger partial charge in [0.25, 0.3) is 0 Å². The third-order valence-corrected chi connectivity index (χ3v) is 3.01. The van der Waals surface area contributed by atoms with Crippen molar-refractivity contribution in [2.45, 2.75) is 19.9 Å². The molecule has 0 aromatic heterocycles. The Morgan fingerprint density at radius 1 is 1.21 bits per heavy atom. The topological polar surface area (TPSA) is 12.5 Å². The van der Waals surface area contributed by atoms with Crippen LogP contribution in [-0.2, 0) is 4.74 Å². The molecular weight excluding hydrogens is 174 g/mol. The van der Waals surface area contributed by atoms with E-state index in [9.17, 15) is 0 Å². The summed E-state index contributed by atoms with van der Waals surface area (Å²) < 4.78 is 5.55. The number of ether oxygens (including phenoxy) is 1. The largest absolute Gasteiger partial charge is 0.361 e. The van der Waals surface area contributed by atoms with Crippen molar-refractivity contribution in [1.82, 2.24) is 0 Å². The first kappa shape index (κ1) is 9.53. The minimum absolute atomic E-state index is 0.561. The maximum atomic E-state index is 5.55. The molecule has 2 atom stereocenters. The normalized spacial score (nSPS) is 27.7. The average molecular weight is 191 g/mol. The second-order valence-electron chi connectivity index (χ2n) is 4.02. The Bertz CT molecular complexity index is 286. The Morgan fingerprint density at radius 3 is 2.64 bits per heavy atom. The summed E-state index contributed by atoms with van der Waals surface area (Å²) in [6.07, 6.45) is 0. The summed E-state index contributed by atoms with van der Waals surface area (Å²) >= 11 is 0. The van der Waals surface area contributed by atoms with Gasteiger partial charge in [0.1, 0.15) is 6.73 Å². The third kappa shape index (κ3) is 1.75. The maximum Gasteiger partial charge on any atom is 0.119 e. The van der Waals surface area contributed by atoms with E-state index >= 15 is 0 Å². The maximum absolute atomic E-state index is 5.55. The Labute approximate surface area is 85.5 Å². The molecule has 1 saturated heterocycles. The summed E-state index contributed by atoms with van der Waals surface area (Å²) in [5, 5.41) is 0. The Kier molecular flexibility index (Phi) is 2.73. The molecule has 0 bridgehead atoms. The van der Waals surface area contributed by atoms with Gasteiger partial charge in [-0.3, -0.25) is 0 Å². The van der Waals surface area contributed by atoms with Crippen LogP contribution in [0.25, 0.3) is 0 Å². The lowest BCUT2D eigenvalue weighted by Crippen LogP contribution is -2.45. The van der Waals surface area contributed by atoms with Gasteiger partial charge in [0.05, 0.1) is 6.61 Å². The molecule has 14 heavy (non-hydrogen) atoms. The summed E-state index contributed by atoms with van der Waals surface area (Å²) in [6.45, 7) is 6.10. The van der Waals surface area contributed by atoms with Crippen LogP contribution in [0, 0.1) is 5.92 Å². The summed E-state index contributed by atoms with van der Waals surface area (Å²) in [6, 6.07) is 11.0. The molecule has 1 fully saturated rings. The van der Waals surface area contributed by atoms with Crippen LogP contribution in [0.4, 0.5) is 5.69 Å². The van der Waals surface area contributed by atoms with Crippen molar-refractivity contribution in [1.29, 1.82) is 0 Å². The molecule has 1 aliphatic rings. The highest BCUT2D eigenvalue weighted by atomic mass is 16.5. The number of rotatable bonds is 1. The van der Waals surface area contributed by atoms with Crippen molar-refractivity contribution in [3.8, 4) is 0 Å². The van der Waals surface area contributed by atoms with Crippen LogP contribution in [0.1, 0.15) is 13.8 Å². The van der Waals surface area contributed by atoms with Gasteiger partial charge in [-0.05, 0) is 25.0 Å².